The van der Waals surface area contributed by atoms with Crippen molar-refractivity contribution in [1.82, 2.24) is 10.2 Å². The highest BCUT2D eigenvalue weighted by Gasteiger charge is 2.36. The molecule has 2 fully saturated rings. The van der Waals surface area contributed by atoms with E-state index in [4.69, 9.17) is 17.3 Å². The fourth-order valence-electron chi connectivity index (χ4n) is 3.82. The van der Waals surface area contributed by atoms with E-state index in [0.29, 0.717) is 18.9 Å². The van der Waals surface area contributed by atoms with Gasteiger partial charge in [-0.1, -0.05) is 30.2 Å². The van der Waals surface area contributed by atoms with Crippen LogP contribution in [0.1, 0.15) is 43.6 Å². The summed E-state index contributed by atoms with van der Waals surface area (Å²) in [4.78, 5) is 25.5. The van der Waals surface area contributed by atoms with Crippen LogP contribution in [-0.4, -0.2) is 35.5 Å². The standard InChI is InChI=1S/C17H22ClN3O2/c18-12-8-6-11(7-9-12)13-3-1-4-14(13)20-16(22)15-5-2-10-21(15)17(19)23/h6-9,13-15H,1-5,10H2,(H2,19,23)(H,20,22)/t13-,14+,15-/m0/s1. The van der Waals surface area contributed by atoms with E-state index in [1.54, 1.807) is 0 Å². The van der Waals surface area contributed by atoms with Gasteiger partial charge in [0.1, 0.15) is 6.04 Å². The smallest absolute Gasteiger partial charge is 0.315 e. The minimum Gasteiger partial charge on any atom is -0.351 e. The summed E-state index contributed by atoms with van der Waals surface area (Å²) in [5, 5.41) is 3.87. The van der Waals surface area contributed by atoms with Crippen molar-refractivity contribution in [2.75, 3.05) is 6.54 Å². The van der Waals surface area contributed by atoms with E-state index in [1.165, 1.54) is 10.5 Å². The number of halogens is 1. The third kappa shape index (κ3) is 3.44. The number of nitrogens with one attached hydrogen (secondary N) is 1. The highest BCUT2D eigenvalue weighted by atomic mass is 35.5. The van der Waals surface area contributed by atoms with Gasteiger partial charge in [0.05, 0.1) is 0 Å². The Hall–Kier alpha value is -1.75. The lowest BCUT2D eigenvalue weighted by molar-refractivity contribution is -0.125. The Morgan fingerprint density at radius 2 is 1.87 bits per heavy atom. The first kappa shape index (κ1) is 16.1. The van der Waals surface area contributed by atoms with Crippen molar-refractivity contribution < 1.29 is 9.59 Å². The van der Waals surface area contributed by atoms with Crippen LogP contribution in [0.3, 0.4) is 0 Å². The van der Waals surface area contributed by atoms with Crippen molar-refractivity contribution >= 4 is 23.5 Å². The molecule has 0 radical (unpaired) electrons. The van der Waals surface area contributed by atoms with E-state index in [0.717, 1.165) is 30.7 Å². The molecule has 3 rings (SSSR count). The van der Waals surface area contributed by atoms with Gasteiger partial charge in [-0.15, -0.1) is 0 Å². The third-order valence-corrected chi connectivity index (χ3v) is 5.23. The van der Waals surface area contributed by atoms with E-state index in [2.05, 4.69) is 5.32 Å². The SMILES string of the molecule is NC(=O)N1CCC[C@H]1C(=O)N[C@@H]1CCC[C@H]1c1ccc(Cl)cc1. The second kappa shape index (κ2) is 6.79. The van der Waals surface area contributed by atoms with E-state index in [-0.39, 0.29) is 11.9 Å². The predicted octanol–water partition coefficient (Wildman–Crippen LogP) is 2.64. The maximum absolute atomic E-state index is 12.6. The number of carbonyl (C=O) groups is 2. The molecule has 2 aliphatic rings. The van der Waals surface area contributed by atoms with Gasteiger partial charge in [-0.05, 0) is 43.4 Å². The van der Waals surface area contributed by atoms with Crippen molar-refractivity contribution in [3.63, 3.8) is 0 Å². The van der Waals surface area contributed by atoms with Crippen LogP contribution in [0.2, 0.25) is 5.02 Å². The summed E-state index contributed by atoms with van der Waals surface area (Å²) in [5.74, 6) is 0.229. The zero-order valence-corrected chi connectivity index (χ0v) is 13.8. The second-order valence-electron chi connectivity index (χ2n) is 6.39. The van der Waals surface area contributed by atoms with Gasteiger partial charge in [-0.2, -0.15) is 0 Å². The Morgan fingerprint density at radius 3 is 2.57 bits per heavy atom. The van der Waals surface area contributed by atoms with Gasteiger partial charge in [0, 0.05) is 23.5 Å². The summed E-state index contributed by atoms with van der Waals surface area (Å²) in [6.45, 7) is 0.568. The lowest BCUT2D eigenvalue weighted by Crippen LogP contribution is -2.50. The highest BCUT2D eigenvalue weighted by Crippen LogP contribution is 2.35. The second-order valence-corrected chi connectivity index (χ2v) is 6.83. The minimum absolute atomic E-state index is 0.0767. The number of amides is 3. The number of carbonyl (C=O) groups excluding carboxylic acids is 2. The molecule has 6 heteroatoms. The molecule has 0 spiro atoms. The number of hydrogen-bond acceptors (Lipinski definition) is 2. The monoisotopic (exact) mass is 335 g/mol. The maximum Gasteiger partial charge on any atom is 0.315 e. The quantitative estimate of drug-likeness (QED) is 0.891. The van der Waals surface area contributed by atoms with Gasteiger partial charge < -0.3 is 16.0 Å². The van der Waals surface area contributed by atoms with Gasteiger partial charge >= 0.3 is 6.03 Å². The summed E-state index contributed by atoms with van der Waals surface area (Å²) in [5.41, 5.74) is 6.57. The van der Waals surface area contributed by atoms with Crippen LogP contribution in [0.5, 0.6) is 0 Å². The van der Waals surface area contributed by atoms with E-state index >= 15 is 0 Å². The van der Waals surface area contributed by atoms with Crippen LogP contribution >= 0.6 is 11.6 Å². The molecule has 1 aromatic rings. The zero-order valence-electron chi connectivity index (χ0n) is 13.0. The summed E-state index contributed by atoms with van der Waals surface area (Å²) in [6, 6.07) is 7.02. The topological polar surface area (TPSA) is 75.4 Å². The van der Waals surface area contributed by atoms with Gasteiger partial charge in [0.25, 0.3) is 0 Å². The molecule has 1 aromatic carbocycles. The average Bonchev–Trinajstić information content (AvgIpc) is 3.16. The van der Waals surface area contributed by atoms with E-state index in [1.807, 2.05) is 24.3 Å². The number of likely N-dealkylation sites (tertiary alicyclic amines) is 1. The first-order chi connectivity index (χ1) is 11.1. The Bertz CT molecular complexity index is 590. The molecule has 1 aliphatic heterocycles. The van der Waals surface area contributed by atoms with Crippen LogP contribution in [0.4, 0.5) is 4.79 Å². The number of benzene rings is 1. The Labute approximate surface area is 141 Å². The number of nitrogens with two attached hydrogens (primary N) is 1. The molecule has 1 aliphatic carbocycles. The summed E-state index contributed by atoms with van der Waals surface area (Å²) < 4.78 is 0. The number of hydrogen-bond donors (Lipinski definition) is 2. The van der Waals surface area contributed by atoms with Gasteiger partial charge in [-0.25, -0.2) is 4.79 Å². The molecule has 5 nitrogen and oxygen atoms in total. The Balaban J connectivity index is 1.67. The fraction of sp³-hybridized carbons (Fsp3) is 0.529. The van der Waals surface area contributed by atoms with E-state index in [9.17, 15) is 9.59 Å². The molecule has 0 bridgehead atoms. The first-order valence-corrected chi connectivity index (χ1v) is 8.56. The molecule has 124 valence electrons. The van der Waals surface area contributed by atoms with Gasteiger partial charge in [0.15, 0.2) is 0 Å². The molecule has 23 heavy (non-hydrogen) atoms. The number of primary amides is 1. The van der Waals surface area contributed by atoms with Crippen molar-refractivity contribution in [2.45, 2.75) is 50.1 Å². The van der Waals surface area contributed by atoms with Gasteiger partial charge in [-0.3, -0.25) is 4.79 Å². The molecular weight excluding hydrogens is 314 g/mol. The molecule has 0 unspecified atom stereocenters. The fourth-order valence-corrected chi connectivity index (χ4v) is 3.95. The van der Waals surface area contributed by atoms with Crippen LogP contribution in [0, 0.1) is 0 Å². The maximum atomic E-state index is 12.6. The summed E-state index contributed by atoms with van der Waals surface area (Å²) in [6.07, 6.45) is 4.61. The number of urea groups is 1. The normalized spacial score (nSPS) is 27.2. The lowest BCUT2D eigenvalue weighted by Gasteiger charge is -2.26. The zero-order chi connectivity index (χ0) is 16.4. The Morgan fingerprint density at radius 1 is 1.13 bits per heavy atom. The Kier molecular flexibility index (Phi) is 4.76. The lowest BCUT2D eigenvalue weighted by atomic mass is 9.94. The van der Waals surface area contributed by atoms with Crippen molar-refractivity contribution in [3.05, 3.63) is 34.9 Å². The summed E-state index contributed by atoms with van der Waals surface area (Å²) in [7, 11) is 0. The average molecular weight is 336 g/mol. The number of rotatable bonds is 3. The van der Waals surface area contributed by atoms with Crippen molar-refractivity contribution in [2.24, 2.45) is 5.73 Å². The van der Waals surface area contributed by atoms with Crippen LogP contribution < -0.4 is 11.1 Å². The highest BCUT2D eigenvalue weighted by molar-refractivity contribution is 6.30. The van der Waals surface area contributed by atoms with Crippen LogP contribution in [0.25, 0.3) is 0 Å². The molecule has 3 N–H and O–H groups in total. The van der Waals surface area contributed by atoms with Crippen molar-refractivity contribution in [1.29, 1.82) is 0 Å². The molecule has 3 atom stereocenters. The predicted molar refractivity (Wildman–Crippen MR) is 89.3 cm³/mol. The molecule has 0 aromatic heterocycles. The first-order valence-electron chi connectivity index (χ1n) is 8.18. The largest absolute Gasteiger partial charge is 0.351 e. The van der Waals surface area contributed by atoms with Crippen molar-refractivity contribution in [3.8, 4) is 0 Å². The van der Waals surface area contributed by atoms with Gasteiger partial charge in [0.2, 0.25) is 5.91 Å². The van der Waals surface area contributed by atoms with Crippen LogP contribution in [-0.2, 0) is 4.79 Å². The molecule has 1 saturated heterocycles. The number of nitrogens with zero attached hydrogens (tertiary/aromatic N) is 1. The molecular formula is C17H22ClN3O2. The molecule has 1 saturated carbocycles. The summed E-state index contributed by atoms with van der Waals surface area (Å²) >= 11 is 5.95. The molecule has 1 heterocycles. The minimum atomic E-state index is -0.511. The third-order valence-electron chi connectivity index (χ3n) is 4.98. The molecule has 3 amide bonds. The van der Waals surface area contributed by atoms with Crippen LogP contribution in [0.15, 0.2) is 24.3 Å². The van der Waals surface area contributed by atoms with E-state index < -0.39 is 12.1 Å².